The molecule has 112 valence electrons. The minimum Gasteiger partial charge on any atom is -0.326 e. The molecule has 1 amide bonds. The lowest BCUT2D eigenvalue weighted by molar-refractivity contribution is -0.131. The van der Waals surface area contributed by atoms with E-state index in [1.165, 1.54) is 0 Å². The third-order valence-corrected chi connectivity index (χ3v) is 4.25. The van der Waals surface area contributed by atoms with Crippen LogP contribution in [0.4, 0.5) is 0 Å². The molecule has 0 aliphatic carbocycles. The highest BCUT2D eigenvalue weighted by Gasteiger charge is 2.38. The topological polar surface area (TPSA) is 32.3 Å². The van der Waals surface area contributed by atoms with Crippen LogP contribution in [0, 0.1) is 17.8 Å². The number of carbonyl (C=O) groups excluding carboxylic acids is 1. The van der Waals surface area contributed by atoms with Gasteiger partial charge in [0.05, 0.1) is 12.2 Å². The molecule has 3 heteroatoms. The molecule has 1 heterocycles. The Morgan fingerprint density at radius 2 is 1.84 bits per heavy atom. The number of hydrogen-bond acceptors (Lipinski definition) is 2. The first-order chi connectivity index (χ1) is 8.86. The van der Waals surface area contributed by atoms with Crippen molar-refractivity contribution in [1.82, 2.24) is 10.2 Å². The molecule has 1 saturated heterocycles. The van der Waals surface area contributed by atoms with E-state index in [9.17, 15) is 4.79 Å². The van der Waals surface area contributed by atoms with Gasteiger partial charge in [0, 0.05) is 6.54 Å². The van der Waals surface area contributed by atoms with E-state index in [4.69, 9.17) is 0 Å². The second-order valence-corrected chi connectivity index (χ2v) is 6.87. The third kappa shape index (κ3) is 4.48. The maximum Gasteiger partial charge on any atom is 0.241 e. The monoisotopic (exact) mass is 268 g/mol. The molecule has 0 radical (unpaired) electrons. The lowest BCUT2D eigenvalue weighted by Crippen LogP contribution is -2.41. The first-order valence-corrected chi connectivity index (χ1v) is 7.93. The first kappa shape index (κ1) is 16.5. The van der Waals surface area contributed by atoms with Crippen molar-refractivity contribution in [2.45, 2.75) is 73.0 Å². The molecule has 1 aliphatic rings. The molecule has 0 aromatic rings. The summed E-state index contributed by atoms with van der Waals surface area (Å²) >= 11 is 0. The zero-order chi connectivity index (χ0) is 14.6. The van der Waals surface area contributed by atoms with Crippen molar-refractivity contribution in [2.24, 2.45) is 17.8 Å². The fourth-order valence-corrected chi connectivity index (χ4v) is 2.62. The van der Waals surface area contributed by atoms with Crippen molar-refractivity contribution >= 4 is 5.91 Å². The van der Waals surface area contributed by atoms with Crippen LogP contribution >= 0.6 is 0 Å². The molecule has 1 aliphatic heterocycles. The molecule has 19 heavy (non-hydrogen) atoms. The van der Waals surface area contributed by atoms with Crippen molar-refractivity contribution in [3.05, 3.63) is 0 Å². The van der Waals surface area contributed by atoms with Gasteiger partial charge in [0.15, 0.2) is 0 Å². The fourth-order valence-electron chi connectivity index (χ4n) is 2.62. The average Bonchev–Trinajstić information content (AvgIpc) is 2.57. The number of nitrogens with one attached hydrogen (secondary N) is 1. The summed E-state index contributed by atoms with van der Waals surface area (Å²) in [6.07, 6.45) is 3.31. The highest BCUT2D eigenvalue weighted by molar-refractivity contribution is 5.84. The van der Waals surface area contributed by atoms with Gasteiger partial charge in [-0.25, -0.2) is 0 Å². The summed E-state index contributed by atoms with van der Waals surface area (Å²) in [7, 11) is 0. The van der Waals surface area contributed by atoms with Gasteiger partial charge in [-0.3, -0.25) is 10.1 Å². The lowest BCUT2D eigenvalue weighted by atomic mass is 9.97. The highest BCUT2D eigenvalue weighted by atomic mass is 16.2. The predicted molar refractivity (Wildman–Crippen MR) is 80.8 cm³/mol. The Labute approximate surface area is 119 Å². The summed E-state index contributed by atoms with van der Waals surface area (Å²) in [6.45, 7) is 14.2. The van der Waals surface area contributed by atoms with Crippen molar-refractivity contribution < 1.29 is 4.79 Å². The molecular formula is C16H32N2O. The van der Waals surface area contributed by atoms with Gasteiger partial charge in [-0.15, -0.1) is 0 Å². The summed E-state index contributed by atoms with van der Waals surface area (Å²) in [5.74, 6) is 2.11. The van der Waals surface area contributed by atoms with E-state index in [0.717, 1.165) is 25.8 Å². The van der Waals surface area contributed by atoms with Gasteiger partial charge in [-0.05, 0) is 30.6 Å². The first-order valence-electron chi connectivity index (χ1n) is 7.93. The number of rotatable bonds is 7. The summed E-state index contributed by atoms with van der Waals surface area (Å²) < 4.78 is 0. The molecule has 0 aromatic carbocycles. The molecule has 1 fully saturated rings. The van der Waals surface area contributed by atoms with Gasteiger partial charge in [0.25, 0.3) is 0 Å². The minimum absolute atomic E-state index is 0.0492. The molecule has 0 spiro atoms. The van der Waals surface area contributed by atoms with Gasteiger partial charge >= 0.3 is 0 Å². The quantitative estimate of drug-likeness (QED) is 0.768. The van der Waals surface area contributed by atoms with Gasteiger partial charge in [-0.1, -0.05) is 48.0 Å². The van der Waals surface area contributed by atoms with Crippen LogP contribution in [0.3, 0.4) is 0 Å². The van der Waals surface area contributed by atoms with Crippen LogP contribution in [0.2, 0.25) is 0 Å². The normalized spacial score (nSPS) is 25.7. The van der Waals surface area contributed by atoms with E-state index >= 15 is 0 Å². The summed E-state index contributed by atoms with van der Waals surface area (Å²) in [5, 5.41) is 3.54. The minimum atomic E-state index is 0.0492. The van der Waals surface area contributed by atoms with Crippen LogP contribution in [-0.4, -0.2) is 29.6 Å². The number of nitrogens with zero attached hydrogens (tertiary/aromatic N) is 1. The number of hydrogen-bond donors (Lipinski definition) is 1. The second kappa shape index (κ2) is 7.28. The fraction of sp³-hybridized carbons (Fsp3) is 0.938. The zero-order valence-electron chi connectivity index (χ0n) is 13.6. The Bertz CT molecular complexity index is 288. The summed E-state index contributed by atoms with van der Waals surface area (Å²) in [6, 6.07) is 0.0492. The van der Waals surface area contributed by atoms with E-state index < -0.39 is 0 Å². The Morgan fingerprint density at radius 1 is 1.21 bits per heavy atom. The molecule has 0 saturated carbocycles. The molecule has 3 nitrogen and oxygen atoms in total. The van der Waals surface area contributed by atoms with Gasteiger partial charge in [-0.2, -0.15) is 0 Å². The summed E-state index contributed by atoms with van der Waals surface area (Å²) in [4.78, 5) is 14.6. The molecule has 0 aromatic heterocycles. The van der Waals surface area contributed by atoms with E-state index in [2.05, 4.69) is 51.8 Å². The maximum absolute atomic E-state index is 12.5. The van der Waals surface area contributed by atoms with Crippen LogP contribution in [-0.2, 0) is 4.79 Å². The van der Waals surface area contributed by atoms with Gasteiger partial charge < -0.3 is 4.90 Å². The van der Waals surface area contributed by atoms with Crippen molar-refractivity contribution in [3.63, 3.8) is 0 Å². The van der Waals surface area contributed by atoms with Crippen LogP contribution in [0.15, 0.2) is 0 Å². The van der Waals surface area contributed by atoms with Crippen LogP contribution < -0.4 is 5.32 Å². The van der Waals surface area contributed by atoms with Crippen LogP contribution in [0.5, 0.6) is 0 Å². The van der Waals surface area contributed by atoms with E-state index in [0.29, 0.717) is 23.7 Å². The SMILES string of the molecule is CCCC1NC(CC(C)C)N(CC(C)C(C)C)C1=O. The van der Waals surface area contributed by atoms with Crippen molar-refractivity contribution in [1.29, 1.82) is 0 Å². The van der Waals surface area contributed by atoms with E-state index in [1.54, 1.807) is 0 Å². The van der Waals surface area contributed by atoms with E-state index in [1.807, 2.05) is 0 Å². The molecule has 0 bridgehead atoms. The Morgan fingerprint density at radius 3 is 2.32 bits per heavy atom. The largest absolute Gasteiger partial charge is 0.326 e. The smallest absolute Gasteiger partial charge is 0.241 e. The maximum atomic E-state index is 12.5. The molecule has 1 N–H and O–H groups in total. The Balaban J connectivity index is 2.73. The van der Waals surface area contributed by atoms with Crippen LogP contribution in [0.25, 0.3) is 0 Å². The van der Waals surface area contributed by atoms with Gasteiger partial charge in [0.2, 0.25) is 5.91 Å². The average molecular weight is 268 g/mol. The van der Waals surface area contributed by atoms with Crippen LogP contribution in [0.1, 0.15) is 60.8 Å². The summed E-state index contributed by atoms with van der Waals surface area (Å²) in [5.41, 5.74) is 0. The molecule has 1 rings (SSSR count). The lowest BCUT2D eigenvalue weighted by Gasteiger charge is -2.29. The highest BCUT2D eigenvalue weighted by Crippen LogP contribution is 2.23. The number of amides is 1. The molecular weight excluding hydrogens is 236 g/mol. The number of carbonyl (C=O) groups is 1. The molecule has 3 atom stereocenters. The van der Waals surface area contributed by atoms with Crippen molar-refractivity contribution in [3.8, 4) is 0 Å². The second-order valence-electron chi connectivity index (χ2n) is 6.87. The van der Waals surface area contributed by atoms with Gasteiger partial charge in [0.1, 0.15) is 0 Å². The van der Waals surface area contributed by atoms with E-state index in [-0.39, 0.29) is 12.2 Å². The standard InChI is InChI=1S/C16H32N2O/c1-7-8-14-16(19)18(10-13(6)12(4)5)15(17-14)9-11(2)3/h11-15,17H,7-10H2,1-6H3. The zero-order valence-corrected chi connectivity index (χ0v) is 13.6. The Hall–Kier alpha value is -0.570. The molecule has 3 unspecified atom stereocenters. The Kier molecular flexibility index (Phi) is 6.31. The predicted octanol–water partition coefficient (Wildman–Crippen LogP) is 3.25. The van der Waals surface area contributed by atoms with Crippen molar-refractivity contribution in [2.75, 3.05) is 6.54 Å². The third-order valence-electron chi connectivity index (χ3n) is 4.25.